The molecule has 0 bridgehead atoms. The van der Waals surface area contributed by atoms with Gasteiger partial charge in [-0.1, -0.05) is 26.0 Å². The average Bonchev–Trinajstić information content (AvgIpc) is 2.37. The van der Waals surface area contributed by atoms with Crippen LogP contribution in [-0.4, -0.2) is 24.0 Å². The van der Waals surface area contributed by atoms with E-state index in [1.807, 2.05) is 18.3 Å². The number of urea groups is 1. The second kappa shape index (κ2) is 6.88. The lowest BCUT2D eigenvalue weighted by atomic mass is 10.0. The fraction of sp³-hybridized carbons (Fsp3) is 0.400. The molecule has 0 saturated heterocycles. The molecule has 0 radical (unpaired) electrons. The standard InChI is InChI=1S/C15H20N2O4/c1-8(2)12(13(18)17-15(16)20)21-14(19)11-7-5-6-9(3)10(11)4/h5-8,12H,1-4H3,(H3,16,17,18,20)/t12-/m0/s1. The Balaban J connectivity index is 2.94. The highest BCUT2D eigenvalue weighted by atomic mass is 16.5. The summed E-state index contributed by atoms with van der Waals surface area (Å²) < 4.78 is 5.24. The molecule has 3 N–H and O–H groups in total. The largest absolute Gasteiger partial charge is 0.448 e. The Kier molecular flexibility index (Phi) is 5.46. The molecule has 0 aliphatic heterocycles. The Labute approximate surface area is 123 Å². The zero-order valence-corrected chi connectivity index (χ0v) is 12.6. The van der Waals surface area contributed by atoms with Crippen LogP contribution in [0, 0.1) is 19.8 Å². The number of aryl methyl sites for hydroxylation is 1. The third-order valence-corrected chi connectivity index (χ3v) is 3.17. The fourth-order valence-corrected chi connectivity index (χ4v) is 1.84. The second-order valence-corrected chi connectivity index (χ2v) is 5.17. The number of benzene rings is 1. The van der Waals surface area contributed by atoms with Gasteiger partial charge in [-0.25, -0.2) is 9.59 Å². The van der Waals surface area contributed by atoms with Crippen LogP contribution in [0.2, 0.25) is 0 Å². The lowest BCUT2D eigenvalue weighted by Crippen LogP contribution is -2.45. The molecular weight excluding hydrogens is 272 g/mol. The Morgan fingerprint density at radius 3 is 2.33 bits per heavy atom. The van der Waals surface area contributed by atoms with Gasteiger partial charge in [0.1, 0.15) is 0 Å². The summed E-state index contributed by atoms with van der Waals surface area (Å²) in [6.07, 6.45) is -1.08. The maximum absolute atomic E-state index is 12.2. The van der Waals surface area contributed by atoms with Crippen molar-refractivity contribution in [3.05, 3.63) is 34.9 Å². The molecule has 0 spiro atoms. The van der Waals surface area contributed by atoms with Crippen LogP contribution in [0.4, 0.5) is 4.79 Å². The molecule has 6 nitrogen and oxygen atoms in total. The van der Waals surface area contributed by atoms with Crippen molar-refractivity contribution in [3.63, 3.8) is 0 Å². The fourth-order valence-electron chi connectivity index (χ4n) is 1.84. The summed E-state index contributed by atoms with van der Waals surface area (Å²) in [7, 11) is 0. The number of rotatable bonds is 4. The van der Waals surface area contributed by atoms with Gasteiger partial charge in [-0.15, -0.1) is 0 Å². The maximum atomic E-state index is 12.2. The van der Waals surface area contributed by atoms with Crippen molar-refractivity contribution in [2.75, 3.05) is 0 Å². The number of hydrogen-bond acceptors (Lipinski definition) is 4. The van der Waals surface area contributed by atoms with Gasteiger partial charge < -0.3 is 10.5 Å². The molecule has 0 aromatic heterocycles. The lowest BCUT2D eigenvalue weighted by molar-refractivity contribution is -0.130. The Morgan fingerprint density at radius 2 is 1.81 bits per heavy atom. The monoisotopic (exact) mass is 292 g/mol. The molecule has 0 heterocycles. The van der Waals surface area contributed by atoms with E-state index < -0.39 is 24.0 Å². The van der Waals surface area contributed by atoms with E-state index in [-0.39, 0.29) is 5.92 Å². The van der Waals surface area contributed by atoms with Crippen LogP contribution < -0.4 is 11.1 Å². The zero-order valence-electron chi connectivity index (χ0n) is 12.6. The third-order valence-electron chi connectivity index (χ3n) is 3.17. The first-order valence-corrected chi connectivity index (χ1v) is 6.61. The Bertz CT molecular complexity index is 567. The number of nitrogens with one attached hydrogen (secondary N) is 1. The highest BCUT2D eigenvalue weighted by Crippen LogP contribution is 2.16. The first-order valence-electron chi connectivity index (χ1n) is 6.61. The first kappa shape index (κ1) is 16.7. The number of imide groups is 1. The minimum absolute atomic E-state index is 0.293. The number of ether oxygens (including phenoxy) is 1. The molecule has 21 heavy (non-hydrogen) atoms. The van der Waals surface area contributed by atoms with E-state index in [2.05, 4.69) is 0 Å². The molecule has 0 fully saturated rings. The van der Waals surface area contributed by atoms with Gasteiger partial charge in [0.2, 0.25) is 0 Å². The Morgan fingerprint density at radius 1 is 1.19 bits per heavy atom. The van der Waals surface area contributed by atoms with E-state index in [1.54, 1.807) is 32.9 Å². The summed E-state index contributed by atoms with van der Waals surface area (Å²) in [5.41, 5.74) is 7.04. The van der Waals surface area contributed by atoms with E-state index in [1.165, 1.54) is 0 Å². The third kappa shape index (κ3) is 4.30. The highest BCUT2D eigenvalue weighted by molar-refractivity contribution is 5.98. The van der Waals surface area contributed by atoms with Crippen LogP contribution in [0.5, 0.6) is 0 Å². The molecule has 1 aromatic rings. The molecule has 1 rings (SSSR count). The highest BCUT2D eigenvalue weighted by Gasteiger charge is 2.28. The van der Waals surface area contributed by atoms with E-state index in [9.17, 15) is 14.4 Å². The van der Waals surface area contributed by atoms with Crippen LogP contribution in [0.3, 0.4) is 0 Å². The van der Waals surface area contributed by atoms with Crippen molar-refractivity contribution in [1.82, 2.24) is 5.32 Å². The van der Waals surface area contributed by atoms with Crippen molar-refractivity contribution in [2.24, 2.45) is 11.7 Å². The lowest BCUT2D eigenvalue weighted by Gasteiger charge is -2.20. The van der Waals surface area contributed by atoms with Crippen LogP contribution in [0.1, 0.15) is 35.3 Å². The average molecular weight is 292 g/mol. The number of nitrogens with two attached hydrogens (primary N) is 1. The van der Waals surface area contributed by atoms with Gasteiger partial charge in [0, 0.05) is 0 Å². The van der Waals surface area contributed by atoms with Gasteiger partial charge in [-0.05, 0) is 37.0 Å². The van der Waals surface area contributed by atoms with Gasteiger partial charge in [-0.2, -0.15) is 0 Å². The van der Waals surface area contributed by atoms with Gasteiger partial charge in [0.25, 0.3) is 5.91 Å². The van der Waals surface area contributed by atoms with Crippen LogP contribution in [-0.2, 0) is 9.53 Å². The Hall–Kier alpha value is -2.37. The molecule has 0 aliphatic rings. The van der Waals surface area contributed by atoms with E-state index in [0.29, 0.717) is 5.56 Å². The molecule has 1 atom stereocenters. The number of hydrogen-bond donors (Lipinski definition) is 2. The topological polar surface area (TPSA) is 98.5 Å². The van der Waals surface area contributed by atoms with Gasteiger partial charge >= 0.3 is 12.0 Å². The van der Waals surface area contributed by atoms with Gasteiger partial charge in [0.15, 0.2) is 6.10 Å². The quantitative estimate of drug-likeness (QED) is 0.825. The normalized spacial score (nSPS) is 11.9. The summed E-state index contributed by atoms with van der Waals surface area (Å²) in [4.78, 5) is 34.8. The minimum atomic E-state index is -1.08. The number of carbonyl (C=O) groups excluding carboxylic acids is 3. The first-order chi connectivity index (χ1) is 9.73. The summed E-state index contributed by atoms with van der Waals surface area (Å²) in [5.74, 6) is -1.62. The van der Waals surface area contributed by atoms with E-state index in [0.717, 1.165) is 11.1 Å². The summed E-state index contributed by atoms with van der Waals surface area (Å²) >= 11 is 0. The molecule has 6 heteroatoms. The molecule has 1 aromatic carbocycles. The SMILES string of the molecule is Cc1cccc(C(=O)O[C@H](C(=O)NC(N)=O)C(C)C)c1C. The summed E-state index contributed by atoms with van der Waals surface area (Å²) in [6, 6.07) is 4.28. The van der Waals surface area contributed by atoms with E-state index >= 15 is 0 Å². The predicted molar refractivity (Wildman–Crippen MR) is 77.7 cm³/mol. The molecule has 0 unspecified atom stereocenters. The number of primary amides is 1. The van der Waals surface area contributed by atoms with Gasteiger partial charge in [0.05, 0.1) is 5.56 Å². The molecule has 114 valence electrons. The maximum Gasteiger partial charge on any atom is 0.339 e. The molecule has 0 aliphatic carbocycles. The summed E-state index contributed by atoms with van der Waals surface area (Å²) in [6.45, 7) is 7.11. The molecule has 3 amide bonds. The van der Waals surface area contributed by atoms with Crippen molar-refractivity contribution in [1.29, 1.82) is 0 Å². The second-order valence-electron chi connectivity index (χ2n) is 5.17. The molecule has 0 saturated carbocycles. The number of esters is 1. The molecular formula is C15H20N2O4. The van der Waals surface area contributed by atoms with Crippen LogP contribution in [0.15, 0.2) is 18.2 Å². The van der Waals surface area contributed by atoms with Crippen molar-refractivity contribution in [3.8, 4) is 0 Å². The van der Waals surface area contributed by atoms with Crippen LogP contribution in [0.25, 0.3) is 0 Å². The summed E-state index contributed by atoms with van der Waals surface area (Å²) in [5, 5.41) is 1.93. The minimum Gasteiger partial charge on any atom is -0.448 e. The van der Waals surface area contributed by atoms with Crippen molar-refractivity contribution in [2.45, 2.75) is 33.8 Å². The van der Waals surface area contributed by atoms with Crippen LogP contribution >= 0.6 is 0 Å². The van der Waals surface area contributed by atoms with Crippen molar-refractivity contribution >= 4 is 17.9 Å². The smallest absolute Gasteiger partial charge is 0.339 e. The van der Waals surface area contributed by atoms with E-state index in [4.69, 9.17) is 10.5 Å². The zero-order chi connectivity index (χ0) is 16.2. The van der Waals surface area contributed by atoms with Gasteiger partial charge in [-0.3, -0.25) is 10.1 Å². The number of carbonyl (C=O) groups is 3. The predicted octanol–water partition coefficient (Wildman–Crippen LogP) is 1.68. The van der Waals surface area contributed by atoms with Crippen molar-refractivity contribution < 1.29 is 19.1 Å². The number of amides is 3.